The zero-order valence-electron chi connectivity index (χ0n) is 9.95. The second kappa shape index (κ2) is 4.96. The summed E-state index contributed by atoms with van der Waals surface area (Å²) < 4.78 is 0. The molecule has 2 heteroatoms. The van der Waals surface area contributed by atoms with Crippen LogP contribution in [0.15, 0.2) is 24.3 Å². The molecule has 2 nitrogen and oxygen atoms in total. The topological polar surface area (TPSA) is 20.3 Å². The van der Waals surface area contributed by atoms with Crippen molar-refractivity contribution in [2.24, 2.45) is 0 Å². The van der Waals surface area contributed by atoms with Crippen LogP contribution < -0.4 is 4.90 Å². The first-order valence-corrected chi connectivity index (χ1v) is 5.31. The summed E-state index contributed by atoms with van der Waals surface area (Å²) in [6, 6.07) is 8.38. The summed E-state index contributed by atoms with van der Waals surface area (Å²) in [4.78, 5) is 12.9. The van der Waals surface area contributed by atoms with Crippen molar-refractivity contribution in [2.75, 3.05) is 18.5 Å². The number of anilines is 1. The zero-order chi connectivity index (χ0) is 11.4. The lowest BCUT2D eigenvalue weighted by atomic mass is 10.0. The SMILES string of the molecule is CC(=O)CN(C)c1ccc(C(C)C)cc1. The Morgan fingerprint density at radius 1 is 1.27 bits per heavy atom. The molecule has 0 saturated heterocycles. The van der Waals surface area contributed by atoms with Crippen LogP contribution in [-0.4, -0.2) is 19.4 Å². The predicted molar refractivity (Wildman–Crippen MR) is 64.5 cm³/mol. The van der Waals surface area contributed by atoms with Gasteiger partial charge in [0.1, 0.15) is 5.78 Å². The van der Waals surface area contributed by atoms with E-state index in [1.165, 1.54) is 5.56 Å². The van der Waals surface area contributed by atoms with E-state index in [1.807, 2.05) is 11.9 Å². The molecule has 1 rings (SSSR count). The van der Waals surface area contributed by atoms with E-state index in [-0.39, 0.29) is 5.78 Å². The van der Waals surface area contributed by atoms with Crippen molar-refractivity contribution >= 4 is 11.5 Å². The second-order valence-electron chi connectivity index (χ2n) is 4.30. The Labute approximate surface area is 91.9 Å². The first-order chi connectivity index (χ1) is 7.00. The largest absolute Gasteiger partial charge is 0.367 e. The Kier molecular flexibility index (Phi) is 3.89. The van der Waals surface area contributed by atoms with Gasteiger partial charge in [0.15, 0.2) is 0 Å². The van der Waals surface area contributed by atoms with Gasteiger partial charge in [-0.05, 0) is 30.5 Å². The fourth-order valence-corrected chi connectivity index (χ4v) is 1.54. The van der Waals surface area contributed by atoms with Gasteiger partial charge in [0, 0.05) is 12.7 Å². The summed E-state index contributed by atoms with van der Waals surface area (Å²) in [5.41, 5.74) is 2.42. The van der Waals surface area contributed by atoms with Crippen molar-refractivity contribution in [3.05, 3.63) is 29.8 Å². The number of carbonyl (C=O) groups excluding carboxylic acids is 1. The van der Waals surface area contributed by atoms with Crippen molar-refractivity contribution in [3.63, 3.8) is 0 Å². The number of rotatable bonds is 4. The standard InChI is InChI=1S/C13H19NO/c1-10(2)12-5-7-13(8-6-12)14(4)9-11(3)15/h5-8,10H,9H2,1-4H3. The molecule has 0 fully saturated rings. The first kappa shape index (κ1) is 11.8. The van der Waals surface area contributed by atoms with Crippen molar-refractivity contribution in [1.82, 2.24) is 0 Å². The molecule has 0 spiro atoms. The highest BCUT2D eigenvalue weighted by Crippen LogP contribution is 2.19. The van der Waals surface area contributed by atoms with E-state index in [0.717, 1.165) is 5.69 Å². The molecule has 0 amide bonds. The summed E-state index contributed by atoms with van der Waals surface area (Å²) in [6.07, 6.45) is 0. The lowest BCUT2D eigenvalue weighted by Crippen LogP contribution is -2.23. The number of benzene rings is 1. The molecule has 0 aliphatic rings. The maximum atomic E-state index is 11.0. The summed E-state index contributed by atoms with van der Waals surface area (Å²) >= 11 is 0. The van der Waals surface area contributed by atoms with Gasteiger partial charge in [-0.25, -0.2) is 0 Å². The maximum absolute atomic E-state index is 11.0. The highest BCUT2D eigenvalue weighted by molar-refractivity contribution is 5.80. The third-order valence-corrected chi connectivity index (χ3v) is 2.46. The quantitative estimate of drug-likeness (QED) is 0.753. The molecule has 0 bridgehead atoms. The molecule has 0 unspecified atom stereocenters. The number of hydrogen-bond acceptors (Lipinski definition) is 2. The number of nitrogens with zero attached hydrogens (tertiary/aromatic N) is 1. The third-order valence-electron chi connectivity index (χ3n) is 2.46. The molecule has 0 radical (unpaired) electrons. The molecule has 15 heavy (non-hydrogen) atoms. The lowest BCUT2D eigenvalue weighted by Gasteiger charge is -2.18. The van der Waals surface area contributed by atoms with E-state index < -0.39 is 0 Å². The molecular formula is C13H19NO. The second-order valence-corrected chi connectivity index (χ2v) is 4.30. The number of hydrogen-bond donors (Lipinski definition) is 0. The summed E-state index contributed by atoms with van der Waals surface area (Å²) in [6.45, 7) is 6.43. The molecule has 1 aromatic carbocycles. The van der Waals surface area contributed by atoms with Gasteiger partial charge in [-0.1, -0.05) is 26.0 Å². The normalized spacial score (nSPS) is 10.5. The van der Waals surface area contributed by atoms with Gasteiger partial charge >= 0.3 is 0 Å². The number of ketones is 1. The van der Waals surface area contributed by atoms with Crippen LogP contribution in [0.5, 0.6) is 0 Å². The Morgan fingerprint density at radius 3 is 2.20 bits per heavy atom. The van der Waals surface area contributed by atoms with Crippen molar-refractivity contribution in [1.29, 1.82) is 0 Å². The monoisotopic (exact) mass is 205 g/mol. The molecular weight excluding hydrogens is 186 g/mol. The van der Waals surface area contributed by atoms with E-state index in [0.29, 0.717) is 12.5 Å². The first-order valence-electron chi connectivity index (χ1n) is 5.31. The van der Waals surface area contributed by atoms with Gasteiger partial charge in [0.25, 0.3) is 0 Å². The summed E-state index contributed by atoms with van der Waals surface area (Å²) in [7, 11) is 1.94. The zero-order valence-corrected chi connectivity index (χ0v) is 9.95. The van der Waals surface area contributed by atoms with Crippen LogP contribution in [0, 0.1) is 0 Å². The van der Waals surface area contributed by atoms with Crippen LogP contribution in [-0.2, 0) is 4.79 Å². The summed E-state index contributed by atoms with van der Waals surface area (Å²) in [5.74, 6) is 0.739. The van der Waals surface area contributed by atoms with Crippen molar-refractivity contribution in [3.8, 4) is 0 Å². The van der Waals surface area contributed by atoms with Crippen LogP contribution in [0.2, 0.25) is 0 Å². The fourth-order valence-electron chi connectivity index (χ4n) is 1.54. The van der Waals surface area contributed by atoms with Gasteiger partial charge < -0.3 is 4.90 Å². The minimum Gasteiger partial charge on any atom is -0.367 e. The van der Waals surface area contributed by atoms with Crippen LogP contribution in [0.25, 0.3) is 0 Å². The van der Waals surface area contributed by atoms with Crippen LogP contribution in [0.1, 0.15) is 32.3 Å². The van der Waals surface area contributed by atoms with Gasteiger partial charge in [-0.15, -0.1) is 0 Å². The van der Waals surface area contributed by atoms with Crippen molar-refractivity contribution < 1.29 is 4.79 Å². The maximum Gasteiger partial charge on any atom is 0.149 e. The minimum atomic E-state index is 0.186. The third kappa shape index (κ3) is 3.39. The number of Topliss-reactive ketones (excluding diaryl/α,β-unsaturated/α-hetero) is 1. The van der Waals surface area contributed by atoms with Crippen molar-refractivity contribution in [2.45, 2.75) is 26.7 Å². The highest BCUT2D eigenvalue weighted by atomic mass is 16.1. The van der Waals surface area contributed by atoms with Gasteiger partial charge in [0.2, 0.25) is 0 Å². The smallest absolute Gasteiger partial charge is 0.149 e. The average Bonchev–Trinajstić information content (AvgIpc) is 2.17. The van der Waals surface area contributed by atoms with E-state index in [2.05, 4.69) is 38.1 Å². The molecule has 0 heterocycles. The molecule has 0 atom stereocenters. The number of carbonyl (C=O) groups is 1. The van der Waals surface area contributed by atoms with Gasteiger partial charge in [-0.3, -0.25) is 4.79 Å². The molecule has 0 aliphatic carbocycles. The average molecular weight is 205 g/mol. The molecule has 0 saturated carbocycles. The predicted octanol–water partition coefficient (Wildman–Crippen LogP) is 2.84. The van der Waals surface area contributed by atoms with Crippen LogP contribution in [0.3, 0.4) is 0 Å². The number of likely N-dealkylation sites (N-methyl/N-ethyl adjacent to an activating group) is 1. The molecule has 0 N–H and O–H groups in total. The van der Waals surface area contributed by atoms with E-state index >= 15 is 0 Å². The van der Waals surface area contributed by atoms with E-state index in [9.17, 15) is 4.79 Å². The van der Waals surface area contributed by atoms with E-state index in [1.54, 1.807) is 6.92 Å². The molecule has 0 aliphatic heterocycles. The van der Waals surface area contributed by atoms with Crippen LogP contribution >= 0.6 is 0 Å². The lowest BCUT2D eigenvalue weighted by molar-refractivity contribution is -0.115. The molecule has 1 aromatic rings. The summed E-state index contributed by atoms with van der Waals surface area (Å²) in [5, 5.41) is 0. The Hall–Kier alpha value is -1.31. The Morgan fingerprint density at radius 2 is 1.80 bits per heavy atom. The molecule has 0 aromatic heterocycles. The Balaban J connectivity index is 2.75. The Bertz CT molecular complexity index is 327. The molecule has 82 valence electrons. The highest BCUT2D eigenvalue weighted by Gasteiger charge is 2.04. The van der Waals surface area contributed by atoms with Gasteiger partial charge in [-0.2, -0.15) is 0 Å². The minimum absolute atomic E-state index is 0.186. The fraction of sp³-hybridized carbons (Fsp3) is 0.462. The van der Waals surface area contributed by atoms with Crippen LogP contribution in [0.4, 0.5) is 5.69 Å². The van der Waals surface area contributed by atoms with E-state index in [4.69, 9.17) is 0 Å². The van der Waals surface area contributed by atoms with Gasteiger partial charge in [0.05, 0.1) is 6.54 Å².